The van der Waals surface area contributed by atoms with Gasteiger partial charge in [0.2, 0.25) is 0 Å². The van der Waals surface area contributed by atoms with Gasteiger partial charge < -0.3 is 14.2 Å². The maximum Gasteiger partial charge on any atom is 0.308 e. The summed E-state index contributed by atoms with van der Waals surface area (Å²) in [6, 6.07) is 12.7. The predicted octanol–water partition coefficient (Wildman–Crippen LogP) is 3.69. The molecular weight excluding hydrogens is 513 g/mol. The molecule has 9 heteroatoms. The van der Waals surface area contributed by atoms with Crippen LogP contribution in [0.4, 0.5) is 0 Å². The van der Waals surface area contributed by atoms with Crippen molar-refractivity contribution in [1.29, 1.82) is 0 Å². The Balaban J connectivity index is 1.63. The number of para-hydroxylation sites is 1. The molecule has 31 heavy (non-hydrogen) atoms. The minimum absolute atomic E-state index is 0.208. The largest absolute Gasteiger partial charge is 0.490 e. The molecule has 0 spiro atoms. The van der Waals surface area contributed by atoms with Crippen molar-refractivity contribution in [1.82, 2.24) is 10.4 Å². The number of amides is 1. The Hall–Kier alpha value is -3.21. The summed E-state index contributed by atoms with van der Waals surface area (Å²) in [5, 5.41) is 4.89. The average molecular weight is 533 g/mol. The van der Waals surface area contributed by atoms with E-state index in [9.17, 15) is 9.59 Å². The zero-order chi connectivity index (χ0) is 22.2. The number of carbonyl (C=O) groups excluding carboxylic acids is 2. The summed E-state index contributed by atoms with van der Waals surface area (Å²) in [6.45, 7) is 3.35. The third-order valence-corrected chi connectivity index (χ3v) is 4.74. The number of hydrogen-bond donors (Lipinski definition) is 1. The highest BCUT2D eigenvalue weighted by molar-refractivity contribution is 14.1. The van der Waals surface area contributed by atoms with Crippen LogP contribution < -0.4 is 19.6 Å². The lowest BCUT2D eigenvalue weighted by Crippen LogP contribution is -2.24. The van der Waals surface area contributed by atoms with Crippen LogP contribution in [0.25, 0.3) is 10.9 Å². The third-order valence-electron chi connectivity index (χ3n) is 3.93. The number of nitrogens with one attached hydrogen (secondary N) is 1. The maximum atomic E-state index is 12.1. The summed E-state index contributed by atoms with van der Waals surface area (Å²) < 4.78 is 17.0. The molecule has 1 N–H and O–H groups in total. The van der Waals surface area contributed by atoms with Crippen molar-refractivity contribution in [3.63, 3.8) is 0 Å². The van der Waals surface area contributed by atoms with Crippen molar-refractivity contribution in [2.24, 2.45) is 5.10 Å². The molecule has 3 rings (SSSR count). The van der Waals surface area contributed by atoms with Crippen LogP contribution in [-0.2, 0) is 9.59 Å². The minimum Gasteiger partial charge on any atom is -0.490 e. The van der Waals surface area contributed by atoms with Gasteiger partial charge in [-0.05, 0) is 59.3 Å². The average Bonchev–Trinajstić information content (AvgIpc) is 2.74. The van der Waals surface area contributed by atoms with Crippen LogP contribution in [0.1, 0.15) is 19.4 Å². The highest BCUT2D eigenvalue weighted by atomic mass is 127. The molecule has 0 bridgehead atoms. The van der Waals surface area contributed by atoms with Crippen LogP contribution in [0.3, 0.4) is 0 Å². The van der Waals surface area contributed by atoms with Crippen LogP contribution in [-0.4, -0.2) is 36.3 Å². The molecule has 0 atom stereocenters. The Kier molecular flexibility index (Phi) is 7.76. The molecule has 1 heterocycles. The Labute approximate surface area is 192 Å². The fourth-order valence-corrected chi connectivity index (χ4v) is 3.45. The number of halogens is 1. The quantitative estimate of drug-likeness (QED) is 0.156. The van der Waals surface area contributed by atoms with Crippen LogP contribution in [0.5, 0.6) is 17.2 Å². The van der Waals surface area contributed by atoms with Crippen LogP contribution in [0.2, 0.25) is 0 Å². The van der Waals surface area contributed by atoms with Crippen LogP contribution in [0.15, 0.2) is 53.8 Å². The molecule has 0 aliphatic heterocycles. The first kappa shape index (κ1) is 22.5. The second-order valence-electron chi connectivity index (χ2n) is 6.27. The van der Waals surface area contributed by atoms with Crippen molar-refractivity contribution in [3.05, 3.63) is 57.8 Å². The molecule has 0 aliphatic carbocycles. The number of fused-ring (bicyclic) bond motifs is 1. The van der Waals surface area contributed by atoms with E-state index < -0.39 is 11.9 Å². The Bertz CT molecular complexity index is 1130. The van der Waals surface area contributed by atoms with E-state index >= 15 is 0 Å². The first-order valence-electron chi connectivity index (χ1n) is 9.41. The lowest BCUT2D eigenvalue weighted by atomic mass is 10.2. The van der Waals surface area contributed by atoms with Gasteiger partial charge >= 0.3 is 5.97 Å². The summed E-state index contributed by atoms with van der Waals surface area (Å²) >= 11 is 2.04. The fraction of sp³-hybridized carbons (Fsp3) is 0.182. The molecule has 2 aromatic carbocycles. The number of nitrogens with zero attached hydrogens (tertiary/aromatic N) is 2. The summed E-state index contributed by atoms with van der Waals surface area (Å²) in [4.78, 5) is 27.7. The fourth-order valence-electron chi connectivity index (χ4n) is 2.72. The first-order chi connectivity index (χ1) is 15.0. The van der Waals surface area contributed by atoms with Crippen molar-refractivity contribution < 1.29 is 23.8 Å². The monoisotopic (exact) mass is 533 g/mol. The molecule has 3 aromatic rings. The van der Waals surface area contributed by atoms with E-state index in [0.29, 0.717) is 38.5 Å². The number of carbonyl (C=O) groups is 2. The van der Waals surface area contributed by atoms with E-state index in [1.54, 1.807) is 24.4 Å². The molecule has 0 unspecified atom stereocenters. The van der Waals surface area contributed by atoms with Gasteiger partial charge in [-0.25, -0.2) is 5.43 Å². The van der Waals surface area contributed by atoms with Gasteiger partial charge in [-0.1, -0.05) is 18.2 Å². The molecule has 160 valence electrons. The zero-order valence-corrected chi connectivity index (χ0v) is 19.1. The van der Waals surface area contributed by atoms with E-state index in [1.807, 2.05) is 53.8 Å². The number of hydrogen-bond acceptors (Lipinski definition) is 7. The molecule has 8 nitrogen and oxygen atoms in total. The topological polar surface area (TPSA) is 99.1 Å². The van der Waals surface area contributed by atoms with Gasteiger partial charge in [-0.2, -0.15) is 5.10 Å². The Morgan fingerprint density at radius 2 is 1.97 bits per heavy atom. The van der Waals surface area contributed by atoms with E-state index in [1.165, 1.54) is 13.1 Å². The molecule has 1 amide bonds. The van der Waals surface area contributed by atoms with E-state index in [2.05, 4.69) is 15.5 Å². The normalized spacial score (nSPS) is 10.8. The summed E-state index contributed by atoms with van der Waals surface area (Å²) in [6.07, 6.45) is 3.14. The van der Waals surface area contributed by atoms with Gasteiger partial charge in [-0.15, -0.1) is 0 Å². The first-order valence-corrected chi connectivity index (χ1v) is 10.5. The van der Waals surface area contributed by atoms with Crippen LogP contribution in [0, 0.1) is 3.57 Å². The SMILES string of the molecule is CCOc1cc(/C=N\NC(=O)COc2cccc3cccnc23)cc(I)c1OC(C)=O. The van der Waals surface area contributed by atoms with Crippen molar-refractivity contribution >= 4 is 51.6 Å². The molecule has 0 fully saturated rings. The standard InChI is InChI=1S/C22H20IN3O5/c1-3-29-19-11-15(10-17(23)22(19)31-14(2)27)12-25-26-20(28)13-30-18-8-4-6-16-7-5-9-24-21(16)18/h4-12H,3,13H2,1-2H3,(H,26,28)/b25-12-. The molecule has 1 aromatic heterocycles. The van der Waals surface area contributed by atoms with Gasteiger partial charge in [0.25, 0.3) is 5.91 Å². The summed E-state index contributed by atoms with van der Waals surface area (Å²) in [5.41, 5.74) is 3.78. The summed E-state index contributed by atoms with van der Waals surface area (Å²) in [7, 11) is 0. The zero-order valence-electron chi connectivity index (χ0n) is 16.9. The van der Waals surface area contributed by atoms with E-state index in [4.69, 9.17) is 14.2 Å². The molecular formula is C22H20IN3O5. The predicted molar refractivity (Wildman–Crippen MR) is 125 cm³/mol. The van der Waals surface area contributed by atoms with Gasteiger partial charge in [-0.3, -0.25) is 14.6 Å². The van der Waals surface area contributed by atoms with E-state index in [0.717, 1.165) is 5.39 Å². The number of pyridine rings is 1. The number of ether oxygens (including phenoxy) is 3. The van der Waals surface area contributed by atoms with Crippen LogP contribution >= 0.6 is 22.6 Å². The third kappa shape index (κ3) is 6.14. The maximum absolute atomic E-state index is 12.1. The highest BCUT2D eigenvalue weighted by Crippen LogP contribution is 2.34. The van der Waals surface area contributed by atoms with Gasteiger partial charge in [0, 0.05) is 18.5 Å². The number of aromatic nitrogens is 1. The smallest absolute Gasteiger partial charge is 0.308 e. The van der Waals surface area contributed by atoms with Crippen molar-refractivity contribution in [2.45, 2.75) is 13.8 Å². The summed E-state index contributed by atoms with van der Waals surface area (Å²) in [5.74, 6) is 0.445. The molecule has 0 saturated carbocycles. The molecule has 0 saturated heterocycles. The number of hydrazone groups is 1. The lowest BCUT2D eigenvalue weighted by molar-refractivity contribution is -0.132. The van der Waals surface area contributed by atoms with Crippen molar-refractivity contribution in [3.8, 4) is 17.2 Å². The second kappa shape index (κ2) is 10.7. The van der Waals surface area contributed by atoms with Gasteiger partial charge in [0.05, 0.1) is 16.4 Å². The number of benzene rings is 2. The Morgan fingerprint density at radius 3 is 2.74 bits per heavy atom. The van der Waals surface area contributed by atoms with Crippen molar-refractivity contribution in [2.75, 3.05) is 13.2 Å². The van der Waals surface area contributed by atoms with Gasteiger partial charge in [0.1, 0.15) is 11.3 Å². The molecule has 0 aliphatic rings. The van der Waals surface area contributed by atoms with Gasteiger partial charge in [0.15, 0.2) is 18.1 Å². The number of esters is 1. The minimum atomic E-state index is -0.436. The highest BCUT2D eigenvalue weighted by Gasteiger charge is 2.14. The molecule has 0 radical (unpaired) electrons. The second-order valence-corrected chi connectivity index (χ2v) is 7.43. The van der Waals surface area contributed by atoms with E-state index in [-0.39, 0.29) is 6.61 Å². The number of rotatable bonds is 8. The lowest BCUT2D eigenvalue weighted by Gasteiger charge is -2.12. The Morgan fingerprint density at radius 1 is 1.16 bits per heavy atom.